The van der Waals surface area contributed by atoms with E-state index in [0.29, 0.717) is 27.3 Å². The Kier molecular flexibility index (Phi) is 5.72. The third kappa shape index (κ3) is 4.57. The highest BCUT2D eigenvalue weighted by Gasteiger charge is 2.34. The zero-order valence-electron chi connectivity index (χ0n) is 15.7. The maximum Gasteiger partial charge on any atom is 0.416 e. The van der Waals surface area contributed by atoms with Gasteiger partial charge in [0.2, 0.25) is 0 Å². The van der Waals surface area contributed by atoms with Crippen LogP contribution in [-0.2, 0) is 17.5 Å². The first-order valence-corrected chi connectivity index (χ1v) is 10.3. The standard InChI is InChI=1S/C22H14F4N2OS2/c23-17-7-2-1-6-16(17)18-9-14(11-27-18)10-19-20(29)28(21(30)31-19)12-13-4-3-5-15(8-13)22(24,25)26/h1-11,27H,12H2/b19-10-. The fourth-order valence-electron chi connectivity index (χ4n) is 3.15. The number of H-pyrrole nitrogens is 1. The molecule has 31 heavy (non-hydrogen) atoms. The second-order valence-corrected chi connectivity index (χ2v) is 8.47. The quantitative estimate of drug-likeness (QED) is 0.283. The minimum absolute atomic E-state index is 0.0560. The SMILES string of the molecule is O=C1/C(=C/c2c[nH]c(-c3ccccc3F)c2)SC(=S)N1Cc1cccc(C(F)(F)F)c1. The zero-order valence-corrected chi connectivity index (χ0v) is 17.4. The lowest BCUT2D eigenvalue weighted by molar-refractivity contribution is -0.137. The summed E-state index contributed by atoms with van der Waals surface area (Å²) in [4.78, 5) is 17.4. The molecule has 3 nitrogen and oxygen atoms in total. The van der Waals surface area contributed by atoms with Crippen molar-refractivity contribution in [2.75, 3.05) is 0 Å². The first kappa shape index (κ1) is 21.3. The summed E-state index contributed by atoms with van der Waals surface area (Å²) in [7, 11) is 0. The Hall–Kier alpha value is -2.91. The summed E-state index contributed by atoms with van der Waals surface area (Å²) in [6.07, 6.45) is -1.21. The van der Waals surface area contributed by atoms with E-state index in [9.17, 15) is 22.4 Å². The summed E-state index contributed by atoms with van der Waals surface area (Å²) in [5.41, 5.74) is 1.16. The molecule has 1 saturated heterocycles. The van der Waals surface area contributed by atoms with Gasteiger partial charge in [-0.05, 0) is 47.5 Å². The summed E-state index contributed by atoms with van der Waals surface area (Å²) in [6, 6.07) is 12.8. The van der Waals surface area contributed by atoms with Gasteiger partial charge < -0.3 is 4.98 Å². The van der Waals surface area contributed by atoms with Crippen LogP contribution >= 0.6 is 24.0 Å². The topological polar surface area (TPSA) is 36.1 Å². The summed E-state index contributed by atoms with van der Waals surface area (Å²) in [6.45, 7) is -0.0560. The lowest BCUT2D eigenvalue weighted by atomic mass is 10.1. The first-order chi connectivity index (χ1) is 14.7. The molecule has 9 heteroatoms. The van der Waals surface area contributed by atoms with Gasteiger partial charge in [-0.2, -0.15) is 13.2 Å². The Morgan fingerprint density at radius 2 is 1.87 bits per heavy atom. The molecule has 2 aromatic carbocycles. The van der Waals surface area contributed by atoms with Crippen molar-refractivity contribution in [3.63, 3.8) is 0 Å². The summed E-state index contributed by atoms with van der Waals surface area (Å²) >= 11 is 6.34. The maximum absolute atomic E-state index is 14.0. The van der Waals surface area contributed by atoms with E-state index in [-0.39, 0.29) is 22.6 Å². The number of benzene rings is 2. The van der Waals surface area contributed by atoms with Gasteiger partial charge >= 0.3 is 6.18 Å². The minimum Gasteiger partial charge on any atom is -0.361 e. The molecular formula is C22H14F4N2OS2. The van der Waals surface area contributed by atoms with Crippen LogP contribution in [0.3, 0.4) is 0 Å². The second kappa shape index (κ2) is 8.32. The number of halogens is 4. The van der Waals surface area contributed by atoms with Crippen LogP contribution in [0, 0.1) is 5.82 Å². The highest BCUT2D eigenvalue weighted by Crippen LogP contribution is 2.35. The van der Waals surface area contributed by atoms with Crippen molar-refractivity contribution in [2.45, 2.75) is 12.7 Å². The van der Waals surface area contributed by atoms with Crippen molar-refractivity contribution in [1.82, 2.24) is 9.88 Å². The van der Waals surface area contributed by atoms with Gasteiger partial charge in [-0.1, -0.05) is 48.2 Å². The Labute approximate surface area is 184 Å². The van der Waals surface area contributed by atoms with Gasteiger partial charge in [0.15, 0.2) is 0 Å². The highest BCUT2D eigenvalue weighted by molar-refractivity contribution is 8.26. The van der Waals surface area contributed by atoms with E-state index in [0.717, 1.165) is 23.9 Å². The fraction of sp³-hybridized carbons (Fsp3) is 0.0909. The third-order valence-electron chi connectivity index (χ3n) is 4.64. The Bertz CT molecular complexity index is 1200. The van der Waals surface area contributed by atoms with Crippen LogP contribution in [-0.4, -0.2) is 20.1 Å². The molecule has 4 rings (SSSR count). The molecule has 1 aromatic heterocycles. The van der Waals surface area contributed by atoms with Gasteiger partial charge in [-0.25, -0.2) is 4.39 Å². The number of hydrogen-bond donors (Lipinski definition) is 1. The molecule has 0 aliphatic carbocycles. The number of aromatic nitrogens is 1. The number of amides is 1. The van der Waals surface area contributed by atoms with Crippen molar-refractivity contribution in [3.05, 3.63) is 88.2 Å². The summed E-state index contributed by atoms with van der Waals surface area (Å²) < 4.78 is 53.1. The molecule has 158 valence electrons. The number of alkyl halides is 3. The predicted molar refractivity (Wildman–Crippen MR) is 116 cm³/mol. The maximum atomic E-state index is 14.0. The van der Waals surface area contributed by atoms with Gasteiger partial charge in [-0.3, -0.25) is 9.69 Å². The molecule has 0 spiro atoms. The van der Waals surface area contributed by atoms with Gasteiger partial charge in [0, 0.05) is 17.5 Å². The molecule has 1 fully saturated rings. The van der Waals surface area contributed by atoms with Crippen LogP contribution in [0.4, 0.5) is 17.6 Å². The second-order valence-electron chi connectivity index (χ2n) is 6.79. The van der Waals surface area contributed by atoms with Crippen molar-refractivity contribution in [1.29, 1.82) is 0 Å². The van der Waals surface area contributed by atoms with Gasteiger partial charge in [0.25, 0.3) is 5.91 Å². The number of nitrogens with one attached hydrogen (secondary N) is 1. The van der Waals surface area contributed by atoms with Crippen molar-refractivity contribution >= 4 is 40.3 Å². The van der Waals surface area contributed by atoms with Gasteiger partial charge in [0.05, 0.1) is 17.0 Å². The zero-order chi connectivity index (χ0) is 22.2. The van der Waals surface area contributed by atoms with E-state index in [4.69, 9.17) is 12.2 Å². The van der Waals surface area contributed by atoms with E-state index in [1.54, 1.807) is 36.5 Å². The molecule has 1 aliphatic rings. The lowest BCUT2D eigenvalue weighted by Crippen LogP contribution is -2.27. The molecule has 2 heterocycles. The van der Waals surface area contributed by atoms with Gasteiger partial charge in [-0.15, -0.1) is 0 Å². The molecule has 0 radical (unpaired) electrons. The molecule has 1 aliphatic heterocycles. The minimum atomic E-state index is -4.46. The Morgan fingerprint density at radius 1 is 1.10 bits per heavy atom. The number of carbonyl (C=O) groups is 1. The molecule has 0 bridgehead atoms. The van der Waals surface area contributed by atoms with Crippen LogP contribution in [0.1, 0.15) is 16.7 Å². The van der Waals surface area contributed by atoms with E-state index < -0.39 is 11.7 Å². The summed E-state index contributed by atoms with van der Waals surface area (Å²) in [5.74, 6) is -0.760. The van der Waals surface area contributed by atoms with Crippen molar-refractivity contribution in [2.24, 2.45) is 0 Å². The molecular weight excluding hydrogens is 448 g/mol. The number of nitrogens with zero attached hydrogens (tertiary/aromatic N) is 1. The monoisotopic (exact) mass is 462 g/mol. The van der Waals surface area contributed by atoms with E-state index in [1.807, 2.05) is 0 Å². The lowest BCUT2D eigenvalue weighted by Gasteiger charge is -2.15. The molecule has 1 amide bonds. The highest BCUT2D eigenvalue weighted by atomic mass is 32.2. The van der Waals surface area contributed by atoms with Crippen LogP contribution in [0.2, 0.25) is 0 Å². The molecule has 0 saturated carbocycles. The van der Waals surface area contributed by atoms with Crippen molar-refractivity contribution < 1.29 is 22.4 Å². The Balaban J connectivity index is 1.54. The number of rotatable bonds is 4. The van der Waals surface area contributed by atoms with Crippen LogP contribution in [0.15, 0.2) is 65.7 Å². The average molecular weight is 462 g/mol. The predicted octanol–water partition coefficient (Wildman–Crippen LogP) is 6.24. The van der Waals surface area contributed by atoms with Crippen LogP contribution in [0.5, 0.6) is 0 Å². The number of aromatic amines is 1. The number of thiocarbonyl (C=S) groups is 1. The number of carbonyl (C=O) groups excluding carboxylic acids is 1. The van der Waals surface area contributed by atoms with Gasteiger partial charge in [0.1, 0.15) is 10.1 Å². The molecule has 1 N–H and O–H groups in total. The average Bonchev–Trinajstić information content (AvgIpc) is 3.28. The van der Waals surface area contributed by atoms with E-state index in [1.165, 1.54) is 23.1 Å². The largest absolute Gasteiger partial charge is 0.416 e. The van der Waals surface area contributed by atoms with Crippen LogP contribution < -0.4 is 0 Å². The number of thioether (sulfide) groups is 1. The Morgan fingerprint density at radius 3 is 2.61 bits per heavy atom. The van der Waals surface area contributed by atoms with E-state index >= 15 is 0 Å². The molecule has 3 aromatic rings. The first-order valence-electron chi connectivity index (χ1n) is 9.07. The van der Waals surface area contributed by atoms with E-state index in [2.05, 4.69) is 4.98 Å². The normalized spacial score (nSPS) is 15.9. The third-order valence-corrected chi connectivity index (χ3v) is 6.01. The van der Waals surface area contributed by atoms with Crippen molar-refractivity contribution in [3.8, 4) is 11.3 Å². The molecule has 0 atom stereocenters. The fourth-order valence-corrected chi connectivity index (χ4v) is 4.40. The summed E-state index contributed by atoms with van der Waals surface area (Å²) in [5, 5.41) is 0. The molecule has 0 unspecified atom stereocenters. The number of hydrogen-bond acceptors (Lipinski definition) is 3. The smallest absolute Gasteiger partial charge is 0.361 e. The van der Waals surface area contributed by atoms with Crippen LogP contribution in [0.25, 0.3) is 17.3 Å².